The number of nitrogens with one attached hydrogen (secondary N) is 1. The van der Waals surface area contributed by atoms with Crippen LogP contribution in [0.25, 0.3) is 0 Å². The number of hydrogen-bond donors (Lipinski definition) is 2. The zero-order chi connectivity index (χ0) is 12.7. The Balaban J connectivity index is 2.60. The van der Waals surface area contributed by atoms with Crippen LogP contribution in [0.15, 0.2) is 18.2 Å². The number of carbonyl (C=O) groups is 1. The van der Waals surface area contributed by atoms with Gasteiger partial charge < -0.3 is 15.2 Å². The minimum Gasteiger partial charge on any atom is -0.496 e. The van der Waals surface area contributed by atoms with Crippen LogP contribution in [0.5, 0.6) is 5.75 Å². The molecular weight excluding hydrogens is 242 g/mol. The summed E-state index contributed by atoms with van der Waals surface area (Å²) >= 11 is 5.86. The van der Waals surface area contributed by atoms with E-state index >= 15 is 0 Å². The summed E-state index contributed by atoms with van der Waals surface area (Å²) in [4.78, 5) is 11.6. The largest absolute Gasteiger partial charge is 0.496 e. The lowest BCUT2D eigenvalue weighted by Gasteiger charge is -2.09. The van der Waals surface area contributed by atoms with Gasteiger partial charge in [0.25, 0.3) is 0 Å². The number of aliphatic hydroxyl groups is 1. The third-order valence-corrected chi connectivity index (χ3v) is 2.49. The van der Waals surface area contributed by atoms with E-state index < -0.39 is 0 Å². The Labute approximate surface area is 106 Å². The lowest BCUT2D eigenvalue weighted by Crippen LogP contribution is -2.26. The van der Waals surface area contributed by atoms with Crippen molar-refractivity contribution in [3.63, 3.8) is 0 Å². The zero-order valence-electron chi connectivity index (χ0n) is 9.70. The van der Waals surface area contributed by atoms with Crippen LogP contribution < -0.4 is 10.1 Å². The predicted molar refractivity (Wildman–Crippen MR) is 66.4 cm³/mol. The van der Waals surface area contributed by atoms with Gasteiger partial charge in [-0.2, -0.15) is 0 Å². The number of amides is 1. The summed E-state index contributed by atoms with van der Waals surface area (Å²) in [7, 11) is 1.55. The minimum absolute atomic E-state index is 0.0702. The lowest BCUT2D eigenvalue weighted by atomic mass is 10.1. The van der Waals surface area contributed by atoms with Gasteiger partial charge in [-0.1, -0.05) is 11.6 Å². The maximum absolute atomic E-state index is 11.6. The molecule has 4 nitrogen and oxygen atoms in total. The molecule has 5 heteroatoms. The van der Waals surface area contributed by atoms with E-state index in [1.807, 2.05) is 0 Å². The Morgan fingerprint density at radius 3 is 2.94 bits per heavy atom. The van der Waals surface area contributed by atoms with Gasteiger partial charge in [0.05, 0.1) is 13.5 Å². The van der Waals surface area contributed by atoms with E-state index in [0.717, 1.165) is 5.56 Å². The molecule has 1 aromatic carbocycles. The number of ether oxygens (including phenoxy) is 1. The fourth-order valence-corrected chi connectivity index (χ4v) is 1.62. The molecule has 0 aliphatic heterocycles. The Bertz CT molecular complexity index is 382. The second-order valence-electron chi connectivity index (χ2n) is 3.56. The number of aliphatic hydroxyl groups excluding tert-OH is 1. The first kappa shape index (κ1) is 13.8. The number of benzene rings is 1. The van der Waals surface area contributed by atoms with E-state index in [2.05, 4.69) is 5.32 Å². The normalized spacial score (nSPS) is 10.1. The minimum atomic E-state index is -0.112. The average molecular weight is 258 g/mol. The van der Waals surface area contributed by atoms with Crippen LogP contribution in [-0.2, 0) is 11.2 Å². The van der Waals surface area contributed by atoms with Crippen molar-refractivity contribution in [3.8, 4) is 5.75 Å². The van der Waals surface area contributed by atoms with E-state index in [1.54, 1.807) is 25.3 Å². The second-order valence-corrected chi connectivity index (χ2v) is 4.00. The Kier molecular flexibility index (Phi) is 5.80. The maximum Gasteiger partial charge on any atom is 0.224 e. The molecule has 0 aliphatic rings. The fraction of sp³-hybridized carbons (Fsp3) is 0.417. The van der Waals surface area contributed by atoms with Crippen LogP contribution in [-0.4, -0.2) is 31.3 Å². The molecule has 94 valence electrons. The molecule has 0 fully saturated rings. The van der Waals surface area contributed by atoms with Crippen molar-refractivity contribution in [1.29, 1.82) is 0 Å². The molecule has 1 rings (SSSR count). The van der Waals surface area contributed by atoms with E-state index in [4.69, 9.17) is 21.4 Å². The van der Waals surface area contributed by atoms with Crippen LogP contribution in [0.4, 0.5) is 0 Å². The van der Waals surface area contributed by atoms with E-state index in [0.29, 0.717) is 23.7 Å². The third kappa shape index (κ3) is 4.63. The molecule has 17 heavy (non-hydrogen) atoms. The van der Waals surface area contributed by atoms with Crippen LogP contribution in [0.3, 0.4) is 0 Å². The highest BCUT2D eigenvalue weighted by molar-refractivity contribution is 6.30. The first-order valence-corrected chi connectivity index (χ1v) is 5.75. The molecular formula is C12H16ClNO3. The van der Waals surface area contributed by atoms with Crippen molar-refractivity contribution in [3.05, 3.63) is 28.8 Å². The smallest absolute Gasteiger partial charge is 0.224 e. The number of methoxy groups -OCH3 is 1. The van der Waals surface area contributed by atoms with Gasteiger partial charge in [-0.3, -0.25) is 4.79 Å². The number of carbonyl (C=O) groups excluding carboxylic acids is 1. The summed E-state index contributed by atoms with van der Waals surface area (Å²) in [5.41, 5.74) is 0.751. The molecule has 0 bridgehead atoms. The number of hydrogen-bond acceptors (Lipinski definition) is 3. The molecule has 2 N–H and O–H groups in total. The average Bonchev–Trinajstić information content (AvgIpc) is 2.29. The summed E-state index contributed by atoms with van der Waals surface area (Å²) in [6.45, 7) is 0.541. The lowest BCUT2D eigenvalue weighted by molar-refractivity contribution is -0.120. The van der Waals surface area contributed by atoms with Gasteiger partial charge in [0.2, 0.25) is 5.91 Å². The van der Waals surface area contributed by atoms with Gasteiger partial charge in [-0.25, -0.2) is 0 Å². The molecule has 0 radical (unpaired) electrons. The fourth-order valence-electron chi connectivity index (χ4n) is 1.43. The summed E-state index contributed by atoms with van der Waals surface area (Å²) in [6, 6.07) is 5.16. The quantitative estimate of drug-likeness (QED) is 0.758. The Morgan fingerprint density at radius 1 is 1.53 bits per heavy atom. The summed E-state index contributed by atoms with van der Waals surface area (Å²) in [6.07, 6.45) is 0.771. The molecule has 0 atom stereocenters. The van der Waals surface area contributed by atoms with Crippen LogP contribution in [0.1, 0.15) is 12.0 Å². The van der Waals surface area contributed by atoms with E-state index in [9.17, 15) is 4.79 Å². The van der Waals surface area contributed by atoms with Crippen molar-refractivity contribution in [2.75, 3.05) is 20.3 Å². The van der Waals surface area contributed by atoms with Crippen molar-refractivity contribution >= 4 is 17.5 Å². The summed E-state index contributed by atoms with van der Waals surface area (Å²) in [5, 5.41) is 11.9. The highest BCUT2D eigenvalue weighted by Gasteiger charge is 2.08. The predicted octanol–water partition coefficient (Wildman–Crippen LogP) is 1.39. The topological polar surface area (TPSA) is 58.6 Å². The van der Waals surface area contributed by atoms with Crippen molar-refractivity contribution in [1.82, 2.24) is 5.32 Å². The van der Waals surface area contributed by atoms with Crippen molar-refractivity contribution in [2.45, 2.75) is 12.8 Å². The SMILES string of the molecule is COc1ccc(Cl)cc1CC(=O)NCCCO. The molecule has 0 heterocycles. The monoisotopic (exact) mass is 257 g/mol. The van der Waals surface area contributed by atoms with Crippen LogP contribution in [0.2, 0.25) is 5.02 Å². The van der Waals surface area contributed by atoms with Gasteiger partial charge in [0.1, 0.15) is 5.75 Å². The Hall–Kier alpha value is -1.26. The molecule has 1 amide bonds. The Morgan fingerprint density at radius 2 is 2.29 bits per heavy atom. The highest BCUT2D eigenvalue weighted by Crippen LogP contribution is 2.22. The van der Waals surface area contributed by atoms with Crippen molar-refractivity contribution in [2.24, 2.45) is 0 Å². The second kappa shape index (κ2) is 7.14. The first-order chi connectivity index (χ1) is 8.17. The van der Waals surface area contributed by atoms with Crippen molar-refractivity contribution < 1.29 is 14.6 Å². The standard InChI is InChI=1S/C12H16ClNO3/c1-17-11-4-3-10(13)7-9(11)8-12(16)14-5-2-6-15/h3-4,7,15H,2,5-6,8H2,1H3,(H,14,16). The number of halogens is 1. The molecule has 0 saturated carbocycles. The molecule has 0 aromatic heterocycles. The summed E-state index contributed by atoms with van der Waals surface area (Å²) in [5.74, 6) is 0.533. The zero-order valence-corrected chi connectivity index (χ0v) is 10.5. The van der Waals surface area contributed by atoms with Gasteiger partial charge in [-0.15, -0.1) is 0 Å². The molecule has 0 unspecified atom stereocenters. The van der Waals surface area contributed by atoms with Crippen LogP contribution >= 0.6 is 11.6 Å². The van der Waals surface area contributed by atoms with Gasteiger partial charge in [0.15, 0.2) is 0 Å². The molecule has 0 spiro atoms. The van der Waals surface area contributed by atoms with Gasteiger partial charge >= 0.3 is 0 Å². The van der Waals surface area contributed by atoms with E-state index in [1.165, 1.54) is 0 Å². The summed E-state index contributed by atoms with van der Waals surface area (Å²) < 4.78 is 5.15. The molecule has 0 aliphatic carbocycles. The van der Waals surface area contributed by atoms with Gasteiger partial charge in [0, 0.05) is 23.7 Å². The van der Waals surface area contributed by atoms with Crippen LogP contribution in [0, 0.1) is 0 Å². The molecule has 0 saturated heterocycles. The first-order valence-electron chi connectivity index (χ1n) is 5.37. The highest BCUT2D eigenvalue weighted by atomic mass is 35.5. The molecule has 1 aromatic rings. The maximum atomic E-state index is 11.6. The number of rotatable bonds is 6. The third-order valence-electron chi connectivity index (χ3n) is 2.25. The van der Waals surface area contributed by atoms with E-state index in [-0.39, 0.29) is 18.9 Å². The van der Waals surface area contributed by atoms with Gasteiger partial charge in [-0.05, 0) is 24.6 Å².